The van der Waals surface area contributed by atoms with Gasteiger partial charge in [-0.05, 0) is 59.0 Å². The summed E-state index contributed by atoms with van der Waals surface area (Å²) < 4.78 is 6.27. The Bertz CT molecular complexity index is 597. The summed E-state index contributed by atoms with van der Waals surface area (Å²) in [5, 5.41) is 1.04. The molecule has 0 fully saturated rings. The molecule has 0 unspecified atom stereocenters. The van der Waals surface area contributed by atoms with Crippen LogP contribution in [0.25, 0.3) is 0 Å². The van der Waals surface area contributed by atoms with Gasteiger partial charge in [0.05, 0.1) is 5.56 Å². The zero-order valence-electron chi connectivity index (χ0n) is 9.70. The third-order valence-corrected chi connectivity index (χ3v) is 3.76. The number of ether oxygens (including phenoxy) is 1. The van der Waals surface area contributed by atoms with Gasteiger partial charge in [-0.3, -0.25) is 0 Å². The van der Waals surface area contributed by atoms with Gasteiger partial charge in [0.15, 0.2) is 0 Å². The SMILES string of the molecule is O=C(OCc1ccc(Cl)cc1Cl)c1ccc(I)cc1. The second-order valence-electron chi connectivity index (χ2n) is 3.82. The van der Waals surface area contributed by atoms with E-state index in [1.807, 2.05) is 12.1 Å². The zero-order chi connectivity index (χ0) is 13.8. The Morgan fingerprint density at radius 3 is 2.42 bits per heavy atom. The van der Waals surface area contributed by atoms with Crippen LogP contribution in [-0.2, 0) is 11.3 Å². The molecule has 0 aliphatic carbocycles. The molecule has 2 aromatic rings. The molecule has 19 heavy (non-hydrogen) atoms. The molecule has 2 nitrogen and oxygen atoms in total. The number of carbonyl (C=O) groups excluding carboxylic acids is 1. The lowest BCUT2D eigenvalue weighted by atomic mass is 10.2. The summed E-state index contributed by atoms with van der Waals surface area (Å²) in [6.07, 6.45) is 0. The Morgan fingerprint density at radius 1 is 1.11 bits per heavy atom. The maximum absolute atomic E-state index is 11.8. The summed E-state index contributed by atoms with van der Waals surface area (Å²) in [4.78, 5) is 11.8. The third-order valence-electron chi connectivity index (χ3n) is 2.45. The maximum atomic E-state index is 11.8. The molecule has 2 aromatic carbocycles. The van der Waals surface area contributed by atoms with E-state index in [2.05, 4.69) is 22.6 Å². The van der Waals surface area contributed by atoms with E-state index in [0.717, 1.165) is 9.13 Å². The van der Waals surface area contributed by atoms with Crippen molar-refractivity contribution >= 4 is 51.8 Å². The van der Waals surface area contributed by atoms with E-state index in [9.17, 15) is 4.79 Å². The normalized spacial score (nSPS) is 10.3. The van der Waals surface area contributed by atoms with E-state index in [1.54, 1.807) is 30.3 Å². The lowest BCUT2D eigenvalue weighted by molar-refractivity contribution is 0.0473. The van der Waals surface area contributed by atoms with Crippen molar-refractivity contribution in [1.29, 1.82) is 0 Å². The van der Waals surface area contributed by atoms with E-state index in [1.165, 1.54) is 0 Å². The number of benzene rings is 2. The molecule has 0 aliphatic rings. The first kappa shape index (κ1) is 14.6. The van der Waals surface area contributed by atoms with Crippen molar-refractivity contribution in [3.8, 4) is 0 Å². The van der Waals surface area contributed by atoms with Crippen LogP contribution in [0.2, 0.25) is 10.0 Å². The molecule has 0 bridgehead atoms. The van der Waals surface area contributed by atoms with E-state index in [-0.39, 0.29) is 12.6 Å². The molecule has 98 valence electrons. The number of halogens is 3. The molecule has 2 rings (SSSR count). The molecule has 0 saturated carbocycles. The maximum Gasteiger partial charge on any atom is 0.338 e. The highest BCUT2D eigenvalue weighted by Crippen LogP contribution is 2.22. The van der Waals surface area contributed by atoms with Crippen LogP contribution in [0, 0.1) is 3.57 Å². The summed E-state index contributed by atoms with van der Waals surface area (Å²) in [6.45, 7) is 0.126. The van der Waals surface area contributed by atoms with Crippen LogP contribution in [0.5, 0.6) is 0 Å². The number of rotatable bonds is 3. The van der Waals surface area contributed by atoms with Gasteiger partial charge in [-0.15, -0.1) is 0 Å². The van der Waals surface area contributed by atoms with Crippen molar-refractivity contribution in [2.24, 2.45) is 0 Å². The molecule has 0 aromatic heterocycles. The molecule has 0 radical (unpaired) electrons. The van der Waals surface area contributed by atoms with E-state index >= 15 is 0 Å². The predicted octanol–water partition coefficient (Wildman–Crippen LogP) is 4.96. The third kappa shape index (κ3) is 4.09. The fraction of sp³-hybridized carbons (Fsp3) is 0.0714. The summed E-state index contributed by atoms with van der Waals surface area (Å²) in [7, 11) is 0. The summed E-state index contributed by atoms with van der Waals surface area (Å²) in [6, 6.07) is 12.2. The lowest BCUT2D eigenvalue weighted by Gasteiger charge is -2.07. The van der Waals surface area contributed by atoms with Crippen molar-refractivity contribution in [1.82, 2.24) is 0 Å². The first-order chi connectivity index (χ1) is 9.06. The first-order valence-electron chi connectivity index (χ1n) is 5.43. The summed E-state index contributed by atoms with van der Waals surface area (Å²) in [5.41, 5.74) is 1.25. The Kier molecular flexibility index (Phi) is 5.07. The van der Waals surface area contributed by atoms with Crippen LogP contribution >= 0.6 is 45.8 Å². The lowest BCUT2D eigenvalue weighted by Crippen LogP contribution is -2.05. The van der Waals surface area contributed by atoms with Crippen molar-refractivity contribution in [3.05, 3.63) is 67.2 Å². The highest BCUT2D eigenvalue weighted by molar-refractivity contribution is 14.1. The first-order valence-corrected chi connectivity index (χ1v) is 7.26. The van der Waals surface area contributed by atoms with E-state index in [4.69, 9.17) is 27.9 Å². The van der Waals surface area contributed by atoms with Crippen LogP contribution in [0.4, 0.5) is 0 Å². The average Bonchev–Trinajstić information content (AvgIpc) is 2.38. The van der Waals surface area contributed by atoms with Gasteiger partial charge in [0, 0.05) is 19.2 Å². The second kappa shape index (κ2) is 6.59. The van der Waals surface area contributed by atoms with Gasteiger partial charge in [0.25, 0.3) is 0 Å². The van der Waals surface area contributed by atoms with E-state index in [0.29, 0.717) is 15.6 Å². The van der Waals surface area contributed by atoms with Crippen molar-refractivity contribution in [2.75, 3.05) is 0 Å². The Labute approximate surface area is 134 Å². The number of hydrogen-bond donors (Lipinski definition) is 0. The topological polar surface area (TPSA) is 26.3 Å². The predicted molar refractivity (Wildman–Crippen MR) is 84.7 cm³/mol. The molecule has 5 heteroatoms. The fourth-order valence-electron chi connectivity index (χ4n) is 1.45. The molecule has 0 spiro atoms. The van der Waals surface area contributed by atoms with Crippen LogP contribution in [0.15, 0.2) is 42.5 Å². The molecule has 0 N–H and O–H groups in total. The van der Waals surface area contributed by atoms with Crippen LogP contribution in [-0.4, -0.2) is 5.97 Å². The van der Waals surface area contributed by atoms with Crippen molar-refractivity contribution in [2.45, 2.75) is 6.61 Å². The number of carbonyl (C=O) groups is 1. The molecule has 0 atom stereocenters. The van der Waals surface area contributed by atoms with Gasteiger partial charge in [0.2, 0.25) is 0 Å². The smallest absolute Gasteiger partial charge is 0.338 e. The van der Waals surface area contributed by atoms with Crippen LogP contribution in [0.1, 0.15) is 15.9 Å². The van der Waals surface area contributed by atoms with Crippen molar-refractivity contribution in [3.63, 3.8) is 0 Å². The minimum absolute atomic E-state index is 0.126. The standard InChI is InChI=1S/C14H9Cl2IO2/c15-11-4-1-10(13(16)7-11)8-19-14(18)9-2-5-12(17)6-3-9/h1-7H,8H2. The number of hydrogen-bond acceptors (Lipinski definition) is 2. The molecule has 0 amide bonds. The quantitative estimate of drug-likeness (QED) is 0.532. The Morgan fingerprint density at radius 2 is 1.79 bits per heavy atom. The minimum atomic E-state index is -0.373. The molecular formula is C14H9Cl2IO2. The molecule has 0 heterocycles. The highest BCUT2D eigenvalue weighted by atomic mass is 127. The van der Waals surface area contributed by atoms with Gasteiger partial charge in [-0.25, -0.2) is 4.79 Å². The Hall–Kier alpha value is -0.780. The highest BCUT2D eigenvalue weighted by Gasteiger charge is 2.08. The number of esters is 1. The largest absolute Gasteiger partial charge is 0.457 e. The minimum Gasteiger partial charge on any atom is -0.457 e. The van der Waals surface area contributed by atoms with Gasteiger partial charge in [-0.2, -0.15) is 0 Å². The van der Waals surface area contributed by atoms with Gasteiger partial charge in [-0.1, -0.05) is 29.3 Å². The molecular weight excluding hydrogens is 398 g/mol. The van der Waals surface area contributed by atoms with Gasteiger partial charge in [0.1, 0.15) is 6.61 Å². The molecule has 0 saturated heterocycles. The Balaban J connectivity index is 2.02. The van der Waals surface area contributed by atoms with Crippen molar-refractivity contribution < 1.29 is 9.53 Å². The monoisotopic (exact) mass is 406 g/mol. The summed E-state index contributed by atoms with van der Waals surface area (Å²) in [5.74, 6) is -0.373. The molecule has 0 aliphatic heterocycles. The van der Waals surface area contributed by atoms with Gasteiger partial charge >= 0.3 is 5.97 Å². The van der Waals surface area contributed by atoms with Crippen LogP contribution in [0.3, 0.4) is 0 Å². The van der Waals surface area contributed by atoms with Gasteiger partial charge < -0.3 is 4.74 Å². The second-order valence-corrected chi connectivity index (χ2v) is 5.91. The van der Waals surface area contributed by atoms with E-state index < -0.39 is 0 Å². The fourth-order valence-corrected chi connectivity index (χ4v) is 2.27. The van der Waals surface area contributed by atoms with Crippen LogP contribution < -0.4 is 0 Å². The summed E-state index contributed by atoms with van der Waals surface area (Å²) >= 11 is 14.0. The zero-order valence-corrected chi connectivity index (χ0v) is 13.4. The average molecular weight is 407 g/mol.